The SMILES string of the molecule is CC1CN(CCCCCC(=O)Nc2cccc3c2C(=O)N(C2CCC(=O)NC2=O)C3=O)c2ccc(F)cc2O1. The van der Waals surface area contributed by atoms with Crippen LogP contribution in [0.5, 0.6) is 5.75 Å². The third kappa shape index (κ3) is 5.34. The smallest absolute Gasteiger partial charge is 0.264 e. The average molecular weight is 537 g/mol. The summed E-state index contributed by atoms with van der Waals surface area (Å²) in [6, 6.07) is 8.06. The number of carbonyl (C=O) groups is 5. The molecule has 11 heteroatoms. The number of halogens is 1. The monoisotopic (exact) mass is 536 g/mol. The number of amides is 5. The van der Waals surface area contributed by atoms with Crippen molar-refractivity contribution in [2.75, 3.05) is 23.3 Å². The number of anilines is 2. The Morgan fingerprint density at radius 3 is 2.72 bits per heavy atom. The Labute approximate surface area is 224 Å². The highest BCUT2D eigenvalue weighted by Crippen LogP contribution is 2.35. The second kappa shape index (κ2) is 10.8. The van der Waals surface area contributed by atoms with Gasteiger partial charge >= 0.3 is 0 Å². The van der Waals surface area contributed by atoms with E-state index in [1.54, 1.807) is 18.2 Å². The number of benzene rings is 2. The first-order chi connectivity index (χ1) is 18.7. The number of fused-ring (bicyclic) bond motifs is 2. The maximum atomic E-state index is 13.6. The molecule has 0 aromatic heterocycles. The number of ether oxygens (including phenoxy) is 1. The van der Waals surface area contributed by atoms with Crippen LogP contribution in [-0.2, 0) is 14.4 Å². The first-order valence-electron chi connectivity index (χ1n) is 13.1. The second-order valence-electron chi connectivity index (χ2n) is 10.0. The van der Waals surface area contributed by atoms with Crippen LogP contribution in [0.15, 0.2) is 36.4 Å². The fourth-order valence-electron chi connectivity index (χ4n) is 5.31. The van der Waals surface area contributed by atoms with E-state index in [-0.39, 0.29) is 53.9 Å². The number of carbonyl (C=O) groups excluding carboxylic acids is 5. The lowest BCUT2D eigenvalue weighted by Crippen LogP contribution is -2.54. The highest BCUT2D eigenvalue weighted by molar-refractivity contribution is 6.26. The van der Waals surface area contributed by atoms with Crippen LogP contribution >= 0.6 is 0 Å². The molecule has 2 unspecified atom stereocenters. The van der Waals surface area contributed by atoms with Crippen molar-refractivity contribution >= 4 is 40.9 Å². The predicted molar refractivity (Wildman–Crippen MR) is 139 cm³/mol. The van der Waals surface area contributed by atoms with Crippen LogP contribution < -0.4 is 20.3 Å². The summed E-state index contributed by atoms with van der Waals surface area (Å²) in [7, 11) is 0. The Hall–Kier alpha value is -4.28. The van der Waals surface area contributed by atoms with E-state index < -0.39 is 29.7 Å². The lowest BCUT2D eigenvalue weighted by Gasteiger charge is -2.35. The molecule has 0 radical (unpaired) electrons. The molecule has 10 nitrogen and oxygen atoms in total. The van der Waals surface area contributed by atoms with Gasteiger partial charge in [-0.05, 0) is 50.5 Å². The first kappa shape index (κ1) is 26.3. The molecular weight excluding hydrogens is 507 g/mol. The molecule has 3 aliphatic heterocycles. The highest BCUT2D eigenvalue weighted by atomic mass is 19.1. The van der Waals surface area contributed by atoms with Gasteiger partial charge in [-0.15, -0.1) is 0 Å². The minimum atomic E-state index is -1.07. The molecule has 2 N–H and O–H groups in total. The molecule has 2 aromatic carbocycles. The van der Waals surface area contributed by atoms with Gasteiger partial charge in [0.2, 0.25) is 17.7 Å². The van der Waals surface area contributed by atoms with Crippen molar-refractivity contribution in [2.24, 2.45) is 0 Å². The Bertz CT molecular complexity index is 1360. The van der Waals surface area contributed by atoms with Gasteiger partial charge in [0, 0.05) is 25.5 Å². The van der Waals surface area contributed by atoms with Crippen LogP contribution in [0.3, 0.4) is 0 Å². The summed E-state index contributed by atoms with van der Waals surface area (Å²) in [4.78, 5) is 65.6. The molecule has 2 aromatic rings. The number of imide groups is 2. The highest BCUT2D eigenvalue weighted by Gasteiger charge is 2.45. The number of piperidine rings is 1. The Morgan fingerprint density at radius 1 is 1.10 bits per heavy atom. The fraction of sp³-hybridized carbons (Fsp3) is 0.393. The molecule has 39 heavy (non-hydrogen) atoms. The number of nitrogens with zero attached hydrogens (tertiary/aromatic N) is 2. The van der Waals surface area contributed by atoms with Gasteiger partial charge in [-0.25, -0.2) is 4.39 Å². The number of rotatable bonds is 8. The topological polar surface area (TPSA) is 125 Å². The van der Waals surface area contributed by atoms with Crippen molar-refractivity contribution in [3.8, 4) is 5.75 Å². The molecule has 0 bridgehead atoms. The largest absolute Gasteiger partial charge is 0.487 e. The lowest BCUT2D eigenvalue weighted by atomic mass is 10.0. The summed E-state index contributed by atoms with van der Waals surface area (Å²) in [5.74, 6) is -2.51. The second-order valence-corrected chi connectivity index (χ2v) is 10.0. The van der Waals surface area contributed by atoms with Gasteiger partial charge in [0.15, 0.2) is 0 Å². The minimum Gasteiger partial charge on any atom is -0.487 e. The van der Waals surface area contributed by atoms with Crippen LogP contribution in [0, 0.1) is 5.82 Å². The van der Waals surface area contributed by atoms with Gasteiger partial charge in [0.25, 0.3) is 11.8 Å². The van der Waals surface area contributed by atoms with E-state index in [2.05, 4.69) is 15.5 Å². The summed E-state index contributed by atoms with van der Waals surface area (Å²) >= 11 is 0. The van der Waals surface area contributed by atoms with Crippen molar-refractivity contribution < 1.29 is 33.1 Å². The zero-order chi connectivity index (χ0) is 27.7. The Morgan fingerprint density at radius 2 is 1.92 bits per heavy atom. The van der Waals surface area contributed by atoms with Gasteiger partial charge in [0.05, 0.1) is 29.0 Å². The number of nitrogens with one attached hydrogen (secondary N) is 2. The lowest BCUT2D eigenvalue weighted by molar-refractivity contribution is -0.136. The van der Waals surface area contributed by atoms with Gasteiger partial charge in [-0.1, -0.05) is 12.5 Å². The minimum absolute atomic E-state index is 0.0308. The molecule has 3 aliphatic rings. The van der Waals surface area contributed by atoms with E-state index in [9.17, 15) is 28.4 Å². The molecule has 0 saturated carbocycles. The van der Waals surface area contributed by atoms with E-state index in [1.807, 2.05) is 6.92 Å². The van der Waals surface area contributed by atoms with E-state index in [0.29, 0.717) is 18.7 Å². The maximum Gasteiger partial charge on any atom is 0.264 e. The molecule has 1 fully saturated rings. The van der Waals surface area contributed by atoms with Crippen molar-refractivity contribution in [3.05, 3.63) is 53.3 Å². The van der Waals surface area contributed by atoms with Crippen molar-refractivity contribution in [2.45, 2.75) is 57.6 Å². The zero-order valence-corrected chi connectivity index (χ0v) is 21.5. The molecule has 2 atom stereocenters. The molecule has 3 heterocycles. The van der Waals surface area contributed by atoms with E-state index in [0.717, 1.165) is 30.0 Å². The number of hydrogen-bond acceptors (Lipinski definition) is 7. The van der Waals surface area contributed by atoms with Gasteiger partial charge < -0.3 is 15.0 Å². The fourth-order valence-corrected chi connectivity index (χ4v) is 5.31. The van der Waals surface area contributed by atoms with Crippen LogP contribution in [0.1, 0.15) is 66.2 Å². The van der Waals surface area contributed by atoms with E-state index >= 15 is 0 Å². The Kier molecular flexibility index (Phi) is 7.32. The summed E-state index contributed by atoms with van der Waals surface area (Å²) in [6.07, 6.45) is 2.48. The van der Waals surface area contributed by atoms with Crippen LogP contribution in [0.4, 0.5) is 15.8 Å². The van der Waals surface area contributed by atoms with E-state index in [4.69, 9.17) is 4.74 Å². The van der Waals surface area contributed by atoms with Gasteiger partial charge in [-0.3, -0.25) is 34.2 Å². The van der Waals surface area contributed by atoms with Gasteiger partial charge in [0.1, 0.15) is 23.7 Å². The summed E-state index contributed by atoms with van der Waals surface area (Å²) < 4.78 is 19.3. The van der Waals surface area contributed by atoms with Crippen molar-refractivity contribution in [3.63, 3.8) is 0 Å². The van der Waals surface area contributed by atoms with Crippen molar-refractivity contribution in [1.29, 1.82) is 0 Å². The molecule has 0 aliphatic carbocycles. The normalized spacial score (nSPS) is 20.4. The maximum absolute atomic E-state index is 13.6. The summed E-state index contributed by atoms with van der Waals surface area (Å²) in [6.45, 7) is 3.38. The first-order valence-corrected chi connectivity index (χ1v) is 13.1. The molecule has 5 rings (SSSR count). The van der Waals surface area contributed by atoms with Crippen LogP contribution in [-0.4, -0.2) is 59.7 Å². The van der Waals surface area contributed by atoms with Crippen LogP contribution in [0.2, 0.25) is 0 Å². The summed E-state index contributed by atoms with van der Waals surface area (Å²) in [5.41, 5.74) is 1.24. The zero-order valence-electron chi connectivity index (χ0n) is 21.5. The standard InChI is InChI=1S/C28H29FN4O6/c1-16-15-32(20-10-9-17(29)14-22(20)39-16)13-4-2-3-8-23(34)30-19-7-5-6-18-25(19)28(38)33(27(18)37)21-11-12-24(35)31-26(21)36/h5-7,9-10,14,16,21H,2-4,8,11-13,15H2,1H3,(H,30,34)(H,31,35,36). The van der Waals surface area contributed by atoms with Crippen LogP contribution in [0.25, 0.3) is 0 Å². The quantitative estimate of drug-likeness (QED) is 0.393. The van der Waals surface area contributed by atoms with Crippen molar-refractivity contribution in [1.82, 2.24) is 10.2 Å². The third-order valence-corrected chi connectivity index (χ3v) is 7.14. The predicted octanol–water partition coefficient (Wildman–Crippen LogP) is 3.01. The molecule has 5 amide bonds. The number of unbranched alkanes of at least 4 members (excludes halogenated alkanes) is 2. The van der Waals surface area contributed by atoms with E-state index in [1.165, 1.54) is 18.2 Å². The van der Waals surface area contributed by atoms with Gasteiger partial charge in [-0.2, -0.15) is 0 Å². The average Bonchev–Trinajstić information content (AvgIpc) is 3.14. The summed E-state index contributed by atoms with van der Waals surface area (Å²) in [5, 5.41) is 4.91. The molecular formula is C28H29FN4O6. The molecule has 0 spiro atoms. The number of hydrogen-bond donors (Lipinski definition) is 2. The molecule has 1 saturated heterocycles. The molecule has 204 valence electrons. The third-order valence-electron chi connectivity index (χ3n) is 7.14. The Balaban J connectivity index is 1.14.